The number of anilines is 1. The molecule has 1 aliphatic rings. The van der Waals surface area contributed by atoms with Crippen molar-refractivity contribution in [2.24, 2.45) is 0 Å². The Morgan fingerprint density at radius 3 is 2.62 bits per heavy atom. The molecule has 0 saturated heterocycles. The first-order valence-corrected chi connectivity index (χ1v) is 10.5. The summed E-state index contributed by atoms with van der Waals surface area (Å²) in [6, 6.07) is 15.0. The highest BCUT2D eigenvalue weighted by molar-refractivity contribution is 7.91. The van der Waals surface area contributed by atoms with Crippen LogP contribution in [0.15, 0.2) is 53.4 Å². The summed E-state index contributed by atoms with van der Waals surface area (Å²) in [6.45, 7) is 4.10. The first kappa shape index (κ1) is 18.5. The molecule has 26 heavy (non-hydrogen) atoms. The highest BCUT2D eigenvalue weighted by Crippen LogP contribution is 2.26. The number of fused-ring (bicyclic) bond motifs is 1. The number of nitrogens with zero attached hydrogens (tertiary/aromatic N) is 1. The smallest absolute Gasteiger partial charge is 0.221 e. The van der Waals surface area contributed by atoms with Crippen molar-refractivity contribution in [3.8, 4) is 0 Å². The van der Waals surface area contributed by atoms with E-state index in [-0.39, 0.29) is 23.0 Å². The van der Waals surface area contributed by atoms with Crippen LogP contribution in [0, 0.1) is 6.92 Å². The van der Waals surface area contributed by atoms with Crippen LogP contribution in [-0.2, 0) is 21.1 Å². The van der Waals surface area contributed by atoms with Gasteiger partial charge in [-0.15, -0.1) is 0 Å². The minimum atomic E-state index is -3.42. The highest BCUT2D eigenvalue weighted by atomic mass is 32.2. The van der Waals surface area contributed by atoms with Crippen LogP contribution in [0.2, 0.25) is 0 Å². The van der Waals surface area contributed by atoms with Gasteiger partial charge in [-0.3, -0.25) is 4.79 Å². The number of carbonyl (C=O) groups excluding carboxylic acids is 1. The molecule has 1 N–H and O–H groups in total. The van der Waals surface area contributed by atoms with Crippen molar-refractivity contribution in [3.05, 3.63) is 59.7 Å². The predicted octanol–water partition coefficient (Wildman–Crippen LogP) is 2.34. The monoisotopic (exact) mass is 372 g/mol. The first-order chi connectivity index (χ1) is 12.5. The molecular formula is C20H24N2O3S. The summed E-state index contributed by atoms with van der Waals surface area (Å²) < 4.78 is 24.6. The van der Waals surface area contributed by atoms with E-state index in [9.17, 15) is 13.2 Å². The zero-order chi connectivity index (χ0) is 18.6. The number of benzene rings is 2. The third-order valence-corrected chi connectivity index (χ3v) is 6.40. The number of hydrogen-bond donors (Lipinski definition) is 1. The van der Waals surface area contributed by atoms with Gasteiger partial charge in [-0.1, -0.05) is 35.9 Å². The number of para-hydroxylation sites is 1. The standard InChI is InChI=1S/C20H24N2O3S/c1-16-6-8-18(9-7-16)26(24,25)15-11-20(23)21-12-14-22-13-10-17-4-2-3-5-19(17)22/h2-9H,10-15H2,1H3,(H,21,23). The van der Waals surface area contributed by atoms with Gasteiger partial charge in [0.05, 0.1) is 10.6 Å². The fraction of sp³-hybridized carbons (Fsp3) is 0.350. The summed E-state index contributed by atoms with van der Waals surface area (Å²) >= 11 is 0. The molecule has 3 rings (SSSR count). The van der Waals surface area contributed by atoms with Crippen molar-refractivity contribution in [1.82, 2.24) is 5.32 Å². The van der Waals surface area contributed by atoms with E-state index in [1.54, 1.807) is 24.3 Å². The number of nitrogens with one attached hydrogen (secondary N) is 1. The Balaban J connectivity index is 1.44. The van der Waals surface area contributed by atoms with Crippen molar-refractivity contribution in [3.63, 3.8) is 0 Å². The fourth-order valence-electron chi connectivity index (χ4n) is 3.15. The van der Waals surface area contributed by atoms with Gasteiger partial charge in [-0.05, 0) is 37.1 Å². The van der Waals surface area contributed by atoms with Gasteiger partial charge in [0.25, 0.3) is 0 Å². The molecule has 1 amide bonds. The molecule has 0 unspecified atom stereocenters. The van der Waals surface area contributed by atoms with Gasteiger partial charge < -0.3 is 10.2 Å². The van der Waals surface area contributed by atoms with Crippen LogP contribution in [0.1, 0.15) is 17.5 Å². The van der Waals surface area contributed by atoms with Crippen LogP contribution >= 0.6 is 0 Å². The topological polar surface area (TPSA) is 66.5 Å². The fourth-order valence-corrected chi connectivity index (χ4v) is 4.39. The SMILES string of the molecule is Cc1ccc(S(=O)(=O)CCC(=O)NCCN2CCc3ccccc32)cc1. The molecule has 1 heterocycles. The molecule has 0 saturated carbocycles. The van der Waals surface area contributed by atoms with E-state index in [1.807, 2.05) is 19.1 Å². The van der Waals surface area contributed by atoms with Crippen LogP contribution in [0.4, 0.5) is 5.69 Å². The highest BCUT2D eigenvalue weighted by Gasteiger charge is 2.19. The summed E-state index contributed by atoms with van der Waals surface area (Å²) in [5, 5.41) is 2.83. The Labute approximate surface area is 154 Å². The lowest BCUT2D eigenvalue weighted by atomic mass is 10.2. The lowest BCUT2D eigenvalue weighted by Crippen LogP contribution is -2.34. The van der Waals surface area contributed by atoms with Crippen molar-refractivity contribution in [2.75, 3.05) is 30.3 Å². The molecule has 0 aliphatic carbocycles. The van der Waals surface area contributed by atoms with Crippen LogP contribution in [-0.4, -0.2) is 39.7 Å². The summed E-state index contributed by atoms with van der Waals surface area (Å²) in [4.78, 5) is 14.5. The lowest BCUT2D eigenvalue weighted by Gasteiger charge is -2.19. The zero-order valence-electron chi connectivity index (χ0n) is 14.9. The molecule has 1 aliphatic heterocycles. The van der Waals surface area contributed by atoms with E-state index in [4.69, 9.17) is 0 Å². The van der Waals surface area contributed by atoms with E-state index in [1.165, 1.54) is 11.3 Å². The number of aryl methyl sites for hydroxylation is 1. The number of hydrogen-bond acceptors (Lipinski definition) is 4. The van der Waals surface area contributed by atoms with E-state index in [0.717, 1.165) is 25.1 Å². The second kappa shape index (κ2) is 7.91. The number of amides is 1. The molecule has 138 valence electrons. The van der Waals surface area contributed by atoms with Gasteiger partial charge in [0.1, 0.15) is 0 Å². The summed E-state index contributed by atoms with van der Waals surface area (Å²) in [7, 11) is -3.42. The molecular weight excluding hydrogens is 348 g/mol. The van der Waals surface area contributed by atoms with Gasteiger partial charge in [-0.25, -0.2) is 8.42 Å². The Morgan fingerprint density at radius 2 is 1.85 bits per heavy atom. The molecule has 0 atom stereocenters. The molecule has 5 nitrogen and oxygen atoms in total. The molecule has 0 fully saturated rings. The van der Waals surface area contributed by atoms with E-state index in [0.29, 0.717) is 6.54 Å². The number of rotatable bonds is 7. The third kappa shape index (κ3) is 4.43. The quantitative estimate of drug-likeness (QED) is 0.810. The van der Waals surface area contributed by atoms with Crippen LogP contribution < -0.4 is 10.2 Å². The van der Waals surface area contributed by atoms with Crippen LogP contribution in [0.3, 0.4) is 0 Å². The second-order valence-corrected chi connectivity index (χ2v) is 8.71. The molecule has 2 aromatic carbocycles. The van der Waals surface area contributed by atoms with Gasteiger partial charge in [0, 0.05) is 31.7 Å². The Bertz CT molecular complexity index is 876. The average molecular weight is 372 g/mol. The molecule has 0 radical (unpaired) electrons. The largest absolute Gasteiger partial charge is 0.369 e. The maximum atomic E-state index is 12.3. The van der Waals surface area contributed by atoms with Gasteiger partial charge in [-0.2, -0.15) is 0 Å². The lowest BCUT2D eigenvalue weighted by molar-refractivity contribution is -0.120. The first-order valence-electron chi connectivity index (χ1n) is 8.85. The maximum absolute atomic E-state index is 12.3. The van der Waals surface area contributed by atoms with Crippen molar-refractivity contribution in [1.29, 1.82) is 0 Å². The summed E-state index contributed by atoms with van der Waals surface area (Å²) in [5.41, 5.74) is 3.57. The molecule has 0 aromatic heterocycles. The van der Waals surface area contributed by atoms with Crippen LogP contribution in [0.25, 0.3) is 0 Å². The molecule has 6 heteroatoms. The van der Waals surface area contributed by atoms with Gasteiger partial charge in [0.15, 0.2) is 9.84 Å². The summed E-state index contributed by atoms with van der Waals surface area (Å²) in [6.07, 6.45) is 1.01. The Kier molecular flexibility index (Phi) is 5.61. The van der Waals surface area contributed by atoms with Crippen molar-refractivity contribution >= 4 is 21.4 Å². The maximum Gasteiger partial charge on any atom is 0.221 e. The third-order valence-electron chi connectivity index (χ3n) is 4.67. The minimum absolute atomic E-state index is 0.0210. The second-order valence-electron chi connectivity index (χ2n) is 6.60. The van der Waals surface area contributed by atoms with Gasteiger partial charge in [0.2, 0.25) is 5.91 Å². The van der Waals surface area contributed by atoms with Crippen molar-refractivity contribution < 1.29 is 13.2 Å². The molecule has 0 spiro atoms. The predicted molar refractivity (Wildman–Crippen MR) is 103 cm³/mol. The Hall–Kier alpha value is -2.34. The van der Waals surface area contributed by atoms with Crippen LogP contribution in [0.5, 0.6) is 0 Å². The van der Waals surface area contributed by atoms with E-state index >= 15 is 0 Å². The minimum Gasteiger partial charge on any atom is -0.369 e. The molecule has 0 bridgehead atoms. The van der Waals surface area contributed by atoms with E-state index < -0.39 is 9.84 Å². The van der Waals surface area contributed by atoms with E-state index in [2.05, 4.69) is 22.3 Å². The average Bonchev–Trinajstić information content (AvgIpc) is 3.04. The molecule has 2 aromatic rings. The zero-order valence-corrected chi connectivity index (χ0v) is 15.8. The normalized spacial score (nSPS) is 13.5. The number of sulfone groups is 1. The Morgan fingerprint density at radius 1 is 1.12 bits per heavy atom. The van der Waals surface area contributed by atoms with Gasteiger partial charge >= 0.3 is 0 Å². The summed E-state index contributed by atoms with van der Waals surface area (Å²) in [5.74, 6) is -0.401. The number of carbonyl (C=O) groups is 1. The van der Waals surface area contributed by atoms with Crippen molar-refractivity contribution in [2.45, 2.75) is 24.7 Å².